The van der Waals surface area contributed by atoms with Crippen molar-refractivity contribution in [3.05, 3.63) is 53.9 Å². The van der Waals surface area contributed by atoms with Crippen LogP contribution in [0.5, 0.6) is 5.75 Å². The van der Waals surface area contributed by atoms with Gasteiger partial charge in [-0.3, -0.25) is 0 Å². The van der Waals surface area contributed by atoms with E-state index in [1.807, 2.05) is 19.1 Å². The molecule has 0 bridgehead atoms. The minimum atomic E-state index is -0.229. The summed E-state index contributed by atoms with van der Waals surface area (Å²) in [5.74, 6) is 3.45. The molecule has 2 heteroatoms. The van der Waals surface area contributed by atoms with Crippen LogP contribution in [-0.4, -0.2) is 6.61 Å². The minimum absolute atomic E-state index is 0.229. The zero-order valence-corrected chi connectivity index (χ0v) is 18.0. The summed E-state index contributed by atoms with van der Waals surface area (Å²) in [6.45, 7) is 4.52. The van der Waals surface area contributed by atoms with Crippen molar-refractivity contribution in [3.8, 4) is 5.75 Å². The summed E-state index contributed by atoms with van der Waals surface area (Å²) in [5, 5.41) is 1.67. The van der Waals surface area contributed by atoms with Gasteiger partial charge in [0.1, 0.15) is 0 Å². The van der Waals surface area contributed by atoms with E-state index in [0.717, 1.165) is 23.1 Å². The van der Waals surface area contributed by atoms with Gasteiger partial charge in [-0.25, -0.2) is 4.39 Å². The second-order valence-electron chi connectivity index (χ2n) is 9.10. The van der Waals surface area contributed by atoms with Crippen molar-refractivity contribution < 1.29 is 9.13 Å². The molecule has 2 aliphatic carbocycles. The second-order valence-corrected chi connectivity index (χ2v) is 9.10. The van der Waals surface area contributed by atoms with Gasteiger partial charge in [0.15, 0.2) is 11.6 Å². The third-order valence-corrected chi connectivity index (χ3v) is 7.43. The van der Waals surface area contributed by atoms with E-state index in [1.165, 1.54) is 56.9 Å². The van der Waals surface area contributed by atoms with Crippen LogP contribution in [0.25, 0.3) is 10.8 Å². The van der Waals surface area contributed by atoms with Crippen LogP contribution < -0.4 is 4.74 Å². The van der Waals surface area contributed by atoms with Crippen LogP contribution in [0, 0.1) is 23.6 Å². The predicted octanol–water partition coefficient (Wildman–Crippen LogP) is 8.03. The quantitative estimate of drug-likeness (QED) is 0.466. The number of hydrogen-bond acceptors (Lipinski definition) is 1. The first-order valence-electron chi connectivity index (χ1n) is 11.7. The largest absolute Gasteiger partial charge is 0.491 e. The highest BCUT2D eigenvalue weighted by Gasteiger charge is 2.30. The van der Waals surface area contributed by atoms with Crippen LogP contribution in [-0.2, 0) is 0 Å². The summed E-state index contributed by atoms with van der Waals surface area (Å²) in [5.41, 5.74) is 1.39. The summed E-state index contributed by atoms with van der Waals surface area (Å²) in [7, 11) is 0. The number of fused-ring (bicyclic) bond motifs is 1. The van der Waals surface area contributed by atoms with Crippen molar-refractivity contribution in [2.45, 2.75) is 71.1 Å². The summed E-state index contributed by atoms with van der Waals surface area (Å²) in [6.07, 6.45) is 15.5. The fraction of sp³-hybridized carbons (Fsp3) is 0.556. The Morgan fingerprint density at radius 1 is 0.931 bits per heavy atom. The average Bonchev–Trinajstić information content (AvgIpc) is 2.76. The number of ether oxygens (including phenoxy) is 1. The standard InChI is InChI=1S/C27H35FO/c1-3-5-19-6-8-20(9-7-19)21-10-12-22(13-11-21)23-14-16-25-24(18-23)15-17-26(27(25)28)29-4-2/h3,5,14-22H,4,6-13H2,1-2H3/b5-3+. The van der Waals surface area contributed by atoms with Crippen molar-refractivity contribution >= 4 is 10.8 Å². The Morgan fingerprint density at radius 3 is 2.28 bits per heavy atom. The second kappa shape index (κ2) is 9.32. The molecule has 0 atom stereocenters. The lowest BCUT2D eigenvalue weighted by molar-refractivity contribution is 0.171. The predicted molar refractivity (Wildman–Crippen MR) is 120 cm³/mol. The van der Waals surface area contributed by atoms with Gasteiger partial charge in [0.25, 0.3) is 0 Å². The zero-order valence-electron chi connectivity index (χ0n) is 18.0. The molecular weight excluding hydrogens is 359 g/mol. The molecule has 2 aliphatic rings. The molecule has 0 amide bonds. The Morgan fingerprint density at radius 2 is 1.62 bits per heavy atom. The van der Waals surface area contributed by atoms with Gasteiger partial charge in [0.2, 0.25) is 0 Å². The molecule has 0 aliphatic heterocycles. The molecule has 29 heavy (non-hydrogen) atoms. The van der Waals surface area contributed by atoms with Gasteiger partial charge in [0.05, 0.1) is 6.61 Å². The Balaban J connectivity index is 1.38. The molecule has 4 rings (SSSR count). The van der Waals surface area contributed by atoms with E-state index < -0.39 is 0 Å². The maximum absolute atomic E-state index is 14.6. The topological polar surface area (TPSA) is 9.23 Å². The molecule has 2 fully saturated rings. The SMILES string of the molecule is C/C=C/C1CCC(C2CCC(c3ccc4c(F)c(OCC)ccc4c3)CC2)CC1. The van der Waals surface area contributed by atoms with Gasteiger partial charge in [-0.2, -0.15) is 0 Å². The third kappa shape index (κ3) is 4.52. The highest BCUT2D eigenvalue weighted by Crippen LogP contribution is 2.44. The van der Waals surface area contributed by atoms with E-state index in [4.69, 9.17) is 4.74 Å². The van der Waals surface area contributed by atoms with Crippen LogP contribution in [0.15, 0.2) is 42.5 Å². The van der Waals surface area contributed by atoms with Crippen LogP contribution >= 0.6 is 0 Å². The average molecular weight is 395 g/mol. The van der Waals surface area contributed by atoms with Crippen LogP contribution in [0.1, 0.15) is 76.7 Å². The van der Waals surface area contributed by atoms with Crippen LogP contribution in [0.4, 0.5) is 4.39 Å². The lowest BCUT2D eigenvalue weighted by Crippen LogP contribution is -2.25. The number of hydrogen-bond donors (Lipinski definition) is 0. The Bertz CT molecular complexity index is 839. The van der Waals surface area contributed by atoms with E-state index in [2.05, 4.69) is 31.2 Å². The van der Waals surface area contributed by atoms with Crippen LogP contribution in [0.3, 0.4) is 0 Å². The zero-order chi connectivity index (χ0) is 20.2. The van der Waals surface area contributed by atoms with Gasteiger partial charge in [-0.1, -0.05) is 36.4 Å². The van der Waals surface area contributed by atoms with E-state index in [-0.39, 0.29) is 5.82 Å². The lowest BCUT2D eigenvalue weighted by atomic mass is 9.68. The van der Waals surface area contributed by atoms with Gasteiger partial charge in [-0.05, 0) is 106 Å². The van der Waals surface area contributed by atoms with Gasteiger partial charge < -0.3 is 4.74 Å². The van der Waals surface area contributed by atoms with Crippen molar-refractivity contribution in [2.75, 3.05) is 6.61 Å². The van der Waals surface area contributed by atoms with E-state index in [1.54, 1.807) is 6.07 Å². The van der Waals surface area contributed by atoms with E-state index >= 15 is 0 Å². The van der Waals surface area contributed by atoms with E-state index in [0.29, 0.717) is 23.7 Å². The number of halogens is 1. The van der Waals surface area contributed by atoms with Gasteiger partial charge in [0, 0.05) is 5.39 Å². The Kier molecular flexibility index (Phi) is 6.57. The fourth-order valence-corrected chi connectivity index (χ4v) is 5.82. The molecule has 0 saturated heterocycles. The summed E-state index contributed by atoms with van der Waals surface area (Å²) in [4.78, 5) is 0. The Labute approximate surface area is 175 Å². The third-order valence-electron chi connectivity index (χ3n) is 7.43. The number of benzene rings is 2. The Hall–Kier alpha value is -1.83. The number of allylic oxidation sites excluding steroid dienone is 2. The molecule has 0 aromatic heterocycles. The summed E-state index contributed by atoms with van der Waals surface area (Å²) in [6, 6.07) is 10.1. The minimum Gasteiger partial charge on any atom is -0.491 e. The number of rotatable bonds is 5. The molecule has 156 valence electrons. The molecule has 0 heterocycles. The van der Waals surface area contributed by atoms with Crippen LogP contribution in [0.2, 0.25) is 0 Å². The molecule has 2 saturated carbocycles. The fourth-order valence-electron chi connectivity index (χ4n) is 5.82. The normalized spacial score (nSPS) is 28.1. The first-order valence-corrected chi connectivity index (χ1v) is 11.7. The van der Waals surface area contributed by atoms with Crippen molar-refractivity contribution in [3.63, 3.8) is 0 Å². The highest BCUT2D eigenvalue weighted by atomic mass is 19.1. The first-order chi connectivity index (χ1) is 14.2. The summed E-state index contributed by atoms with van der Waals surface area (Å²) < 4.78 is 20.0. The smallest absolute Gasteiger partial charge is 0.172 e. The molecule has 2 aromatic carbocycles. The molecular formula is C27H35FO. The maximum Gasteiger partial charge on any atom is 0.172 e. The molecule has 1 nitrogen and oxygen atoms in total. The maximum atomic E-state index is 14.6. The molecule has 0 radical (unpaired) electrons. The van der Waals surface area contributed by atoms with Gasteiger partial charge in [-0.15, -0.1) is 0 Å². The summed E-state index contributed by atoms with van der Waals surface area (Å²) >= 11 is 0. The van der Waals surface area contributed by atoms with Crippen molar-refractivity contribution in [1.29, 1.82) is 0 Å². The molecule has 0 spiro atoms. The first kappa shape index (κ1) is 20.4. The molecule has 0 unspecified atom stereocenters. The van der Waals surface area contributed by atoms with Crippen molar-refractivity contribution in [2.24, 2.45) is 17.8 Å². The molecule has 0 N–H and O–H groups in total. The monoisotopic (exact) mass is 394 g/mol. The highest BCUT2D eigenvalue weighted by molar-refractivity contribution is 5.85. The molecule has 2 aromatic rings. The lowest BCUT2D eigenvalue weighted by Gasteiger charge is -2.37. The van der Waals surface area contributed by atoms with Crippen molar-refractivity contribution in [1.82, 2.24) is 0 Å². The van der Waals surface area contributed by atoms with E-state index in [9.17, 15) is 4.39 Å². The van der Waals surface area contributed by atoms with Gasteiger partial charge >= 0.3 is 0 Å².